The van der Waals surface area contributed by atoms with Crippen LogP contribution in [0.5, 0.6) is 0 Å². The lowest BCUT2D eigenvalue weighted by Crippen LogP contribution is -2.31. The summed E-state index contributed by atoms with van der Waals surface area (Å²) in [6, 6.07) is 0. The van der Waals surface area contributed by atoms with Crippen molar-refractivity contribution in [1.29, 1.82) is 0 Å². The summed E-state index contributed by atoms with van der Waals surface area (Å²) in [7, 11) is 21.3. The highest BCUT2D eigenvalue weighted by molar-refractivity contribution is 7.78. The molecular weight excluding hydrogens is 131 g/mol. The number of hydrogen-bond donors (Lipinski definition) is 0. The summed E-state index contributed by atoms with van der Waals surface area (Å²) in [5.74, 6) is 0. The van der Waals surface area contributed by atoms with Gasteiger partial charge in [0, 0.05) is 28.4 Å². The third-order valence-electron chi connectivity index (χ3n) is 2.08. The van der Waals surface area contributed by atoms with Crippen molar-refractivity contribution in [2.24, 2.45) is 0 Å². The molecule has 0 spiro atoms. The molecule has 2 fully saturated rings. The molecule has 0 aromatic rings. The first kappa shape index (κ1) is 9.28. The Labute approximate surface area is 83.3 Å². The van der Waals surface area contributed by atoms with Gasteiger partial charge in [-0.25, -0.2) is 6.49 Å². The van der Waals surface area contributed by atoms with Crippen molar-refractivity contribution in [3.8, 4) is 0 Å². The summed E-state index contributed by atoms with van der Waals surface area (Å²) in [5, 5.41) is 0. The Hall–Kier alpha value is 0.714. The molecule has 11 heteroatoms. The van der Waals surface area contributed by atoms with Gasteiger partial charge in [0.2, 0.25) is 0 Å². The zero-order chi connectivity index (χ0) is 8.23. The lowest BCUT2D eigenvalue weighted by molar-refractivity contribution is 1.97. The summed E-state index contributed by atoms with van der Waals surface area (Å²) < 4.78 is 0. The second kappa shape index (κ2) is 4.81. The predicted molar refractivity (Wildman–Crippen MR) is 67.0 cm³/mol. The predicted octanol–water partition coefficient (Wildman–Crippen LogP) is -3.85. The highest BCUT2D eigenvalue weighted by atomic mass is 13.7. The zero-order valence-electron chi connectivity index (χ0n) is 6.93. The molecule has 39 valence electrons. The summed E-state index contributed by atoms with van der Waals surface area (Å²) in [5.41, 5.74) is 0.678. The fourth-order valence-corrected chi connectivity index (χ4v) is 1.28. The highest BCUT2D eigenvalue weighted by Crippen LogP contribution is 2.20. The van der Waals surface area contributed by atoms with Gasteiger partial charge in [0.25, 0.3) is 0 Å². The van der Waals surface area contributed by atoms with Crippen LogP contribution in [0.4, 0.5) is 0 Å². The Kier molecular flexibility index (Phi) is 3.72. The summed E-state index contributed by atoms with van der Waals surface area (Å²) in [4.78, 5) is 0. The Morgan fingerprint density at radius 3 is 2.25 bits per heavy atom. The van der Waals surface area contributed by atoms with Gasteiger partial charge >= 0.3 is 0 Å². The topological polar surface area (TPSA) is 0 Å². The molecule has 12 heavy (non-hydrogen) atoms. The Morgan fingerprint density at radius 1 is 0.750 bits per heavy atom. The summed E-state index contributed by atoms with van der Waals surface area (Å²) in [6.45, 7) is 0.678. The van der Waals surface area contributed by atoms with E-state index in [0.29, 0.717) is 12.1 Å². The molecule has 1 unspecified atom stereocenters. The van der Waals surface area contributed by atoms with E-state index in [1.807, 2.05) is 21.2 Å². The van der Waals surface area contributed by atoms with Crippen molar-refractivity contribution in [3.05, 3.63) is 0 Å². The fourth-order valence-electron chi connectivity index (χ4n) is 1.28. The van der Waals surface area contributed by atoms with Crippen LogP contribution >= 0.6 is 0 Å². The highest BCUT2D eigenvalue weighted by Gasteiger charge is 2.20. The minimum Gasteiger partial charge on any atom is -0.305 e. The molecule has 0 amide bonds. The molecule has 0 aromatic carbocycles. The van der Waals surface area contributed by atoms with E-state index in [-0.39, 0.29) is 0 Å². The normalized spacial score (nSPS) is 26.8. The Bertz CT molecular complexity index is 119. The first-order valence-electron chi connectivity index (χ1n) is 4.33. The van der Waals surface area contributed by atoms with Gasteiger partial charge in [-0.3, -0.25) is 0 Å². The maximum absolute atomic E-state index is 2.33. The maximum atomic E-state index is 2.33. The van der Waals surface area contributed by atoms with Gasteiger partial charge in [-0.1, -0.05) is 0 Å². The van der Waals surface area contributed by atoms with Gasteiger partial charge in [0.1, 0.15) is 0 Å². The van der Waals surface area contributed by atoms with Crippen molar-refractivity contribution >= 4 is 77.3 Å². The van der Waals surface area contributed by atoms with Crippen LogP contribution in [0.2, 0.25) is 5.62 Å². The largest absolute Gasteiger partial charge is 0.305 e. The van der Waals surface area contributed by atoms with Gasteiger partial charge < -0.3 is 5.62 Å². The summed E-state index contributed by atoms with van der Waals surface area (Å²) in [6.07, 6.45) is 0. The molecule has 0 N–H and O–H groups in total. The first-order chi connectivity index (χ1) is 5.97. The smallest absolute Gasteiger partial charge is 0.00654 e. The van der Waals surface area contributed by atoms with Crippen molar-refractivity contribution in [3.63, 3.8) is 0 Å². The molecule has 11 radical (unpaired) electrons. The quantitative estimate of drug-likeness (QED) is 0.296. The van der Waals surface area contributed by atoms with Crippen molar-refractivity contribution in [2.75, 3.05) is 0 Å². The Balaban J connectivity index is 1.70. The average Bonchev–Trinajstić information content (AvgIpc) is 2.78. The van der Waals surface area contributed by atoms with Gasteiger partial charge in [-0.15, -0.1) is 0 Å². The minimum atomic E-state index is 0.678. The molecule has 0 nitrogen and oxygen atoms in total. The lowest BCUT2D eigenvalue weighted by Gasteiger charge is -2.07. The van der Waals surface area contributed by atoms with Crippen LogP contribution in [0.15, 0.2) is 0 Å². The third-order valence-corrected chi connectivity index (χ3v) is 2.08. The van der Waals surface area contributed by atoms with E-state index in [4.69, 9.17) is 0 Å². The average molecular weight is 132 g/mol. The molecule has 0 saturated carbocycles. The molecule has 0 bridgehead atoms. The zero-order valence-corrected chi connectivity index (χ0v) is 6.93. The van der Waals surface area contributed by atoms with E-state index >= 15 is 0 Å². The molecular formula is CHB11-. The molecule has 2 rings (SSSR count). The maximum Gasteiger partial charge on any atom is 0.00654 e. The van der Waals surface area contributed by atoms with E-state index in [2.05, 4.69) is 49.6 Å². The molecule has 0 aromatic heterocycles. The van der Waals surface area contributed by atoms with Crippen LogP contribution in [-0.2, 0) is 0 Å². The lowest BCUT2D eigenvalue weighted by atomic mass is 8.88. The second-order valence-electron chi connectivity index (χ2n) is 3.08. The minimum absolute atomic E-state index is 0.678. The number of rotatable bonds is 0. The third kappa shape index (κ3) is 2.89. The van der Waals surface area contributed by atoms with Crippen LogP contribution in [0, 0.1) is 0 Å². The molecule has 2 aliphatic rings. The fraction of sp³-hybridized carbons (Fsp3) is 1.00. The molecule has 2 aliphatic heterocycles. The van der Waals surface area contributed by atoms with Crippen LogP contribution in [0.1, 0.15) is 0 Å². The SMILES string of the molecule is [B]1[B][B][B][B][B-]2[B]C2[B][B][B][B]1. The second-order valence-corrected chi connectivity index (χ2v) is 3.08. The van der Waals surface area contributed by atoms with E-state index in [1.54, 1.807) is 0 Å². The number of fused-ring (bicyclic) bond motifs is 1. The van der Waals surface area contributed by atoms with Crippen LogP contribution in [-0.4, -0.2) is 77.3 Å². The summed E-state index contributed by atoms with van der Waals surface area (Å²) >= 11 is 0. The molecule has 1 atom stereocenters. The Morgan fingerprint density at radius 2 is 1.42 bits per heavy atom. The van der Waals surface area contributed by atoms with Gasteiger partial charge in [-0.05, 0) is 28.2 Å². The van der Waals surface area contributed by atoms with Crippen LogP contribution < -0.4 is 0 Å². The first-order valence-corrected chi connectivity index (χ1v) is 4.33. The van der Waals surface area contributed by atoms with E-state index in [0.717, 1.165) is 0 Å². The van der Waals surface area contributed by atoms with E-state index < -0.39 is 0 Å². The van der Waals surface area contributed by atoms with Gasteiger partial charge in [0.15, 0.2) is 0 Å². The van der Waals surface area contributed by atoms with Crippen molar-refractivity contribution in [2.45, 2.75) is 5.62 Å². The molecule has 2 saturated heterocycles. The van der Waals surface area contributed by atoms with Gasteiger partial charge in [0.05, 0.1) is 0 Å². The van der Waals surface area contributed by atoms with Gasteiger partial charge in [-0.2, -0.15) is 14.2 Å². The van der Waals surface area contributed by atoms with E-state index in [1.165, 1.54) is 0 Å². The van der Waals surface area contributed by atoms with Crippen molar-refractivity contribution in [1.82, 2.24) is 0 Å². The van der Waals surface area contributed by atoms with Crippen LogP contribution in [0.3, 0.4) is 0 Å². The van der Waals surface area contributed by atoms with E-state index in [9.17, 15) is 0 Å². The van der Waals surface area contributed by atoms with Crippen molar-refractivity contribution < 1.29 is 0 Å². The van der Waals surface area contributed by atoms with Crippen LogP contribution in [0.25, 0.3) is 0 Å². The molecule has 2 heterocycles. The molecule has 0 aliphatic carbocycles. The standard InChI is InChI=1S/CHB11/c2-1-3-12(1)11-10-9-8-7-6-5-4-2/h1H/q-1. The monoisotopic (exact) mass is 134 g/mol. The number of hydrogen-bond acceptors (Lipinski definition) is 0.